The molecule has 0 aliphatic carbocycles. The maximum absolute atomic E-state index is 11.4. The van der Waals surface area contributed by atoms with E-state index in [-0.39, 0.29) is 17.7 Å². The van der Waals surface area contributed by atoms with Crippen molar-refractivity contribution in [2.75, 3.05) is 6.61 Å². The molecule has 1 aromatic rings. The molecule has 0 bridgehead atoms. The summed E-state index contributed by atoms with van der Waals surface area (Å²) in [5.41, 5.74) is -0.0527. The van der Waals surface area contributed by atoms with Gasteiger partial charge in [-0.15, -0.1) is 12.6 Å². The van der Waals surface area contributed by atoms with E-state index in [1.807, 2.05) is 0 Å². The predicted octanol–water partition coefficient (Wildman–Crippen LogP) is 1.85. The van der Waals surface area contributed by atoms with E-state index in [1.165, 1.54) is 12.1 Å². The van der Waals surface area contributed by atoms with Gasteiger partial charge in [0.1, 0.15) is 0 Å². The lowest BCUT2D eigenvalue weighted by Gasteiger charge is -2.05. The van der Waals surface area contributed by atoms with Crippen molar-refractivity contribution in [2.24, 2.45) is 0 Å². The fourth-order valence-electron chi connectivity index (χ4n) is 1.10. The third kappa shape index (κ3) is 2.73. The molecule has 4 nitrogen and oxygen atoms in total. The van der Waals surface area contributed by atoms with E-state index >= 15 is 0 Å². The van der Waals surface area contributed by atoms with Crippen LogP contribution in [0, 0.1) is 0 Å². The molecule has 80 valence electrons. The van der Waals surface area contributed by atoms with Gasteiger partial charge in [0.25, 0.3) is 0 Å². The van der Waals surface area contributed by atoms with Crippen molar-refractivity contribution in [3.05, 3.63) is 29.3 Å². The van der Waals surface area contributed by atoms with Crippen molar-refractivity contribution in [2.45, 2.75) is 11.8 Å². The molecule has 5 heteroatoms. The van der Waals surface area contributed by atoms with Crippen molar-refractivity contribution >= 4 is 24.6 Å². The molecular formula is C10H10O4S. The zero-order valence-corrected chi connectivity index (χ0v) is 8.95. The highest BCUT2D eigenvalue weighted by Gasteiger charge is 2.17. The van der Waals surface area contributed by atoms with Gasteiger partial charge in [0, 0.05) is 4.90 Å². The van der Waals surface area contributed by atoms with Gasteiger partial charge < -0.3 is 9.84 Å². The number of thiol groups is 1. The lowest BCUT2D eigenvalue weighted by atomic mass is 10.1. The summed E-state index contributed by atoms with van der Waals surface area (Å²) in [6.45, 7) is 1.87. The van der Waals surface area contributed by atoms with Gasteiger partial charge in [0.15, 0.2) is 0 Å². The molecule has 0 radical (unpaired) electrons. The number of aromatic carboxylic acids is 1. The number of benzene rings is 1. The standard InChI is InChI=1S/C10H10O4S/c1-2-14-10(13)7-4-3-6(15)5-8(7)9(11)12/h3-5,15H,2H2,1H3,(H,11,12). The Morgan fingerprint density at radius 1 is 1.40 bits per heavy atom. The molecule has 0 amide bonds. The molecule has 0 spiro atoms. The maximum Gasteiger partial charge on any atom is 0.338 e. The third-order valence-corrected chi connectivity index (χ3v) is 2.01. The largest absolute Gasteiger partial charge is 0.478 e. The normalized spacial score (nSPS) is 9.73. The molecule has 0 unspecified atom stereocenters. The Hall–Kier alpha value is -1.49. The van der Waals surface area contributed by atoms with E-state index in [1.54, 1.807) is 13.0 Å². The van der Waals surface area contributed by atoms with Crippen LogP contribution >= 0.6 is 12.6 Å². The molecule has 15 heavy (non-hydrogen) atoms. The molecule has 0 aromatic heterocycles. The number of hydrogen-bond acceptors (Lipinski definition) is 4. The molecule has 0 saturated heterocycles. The summed E-state index contributed by atoms with van der Waals surface area (Å²) in [5, 5.41) is 8.87. The van der Waals surface area contributed by atoms with Gasteiger partial charge in [0.05, 0.1) is 17.7 Å². The summed E-state index contributed by atoms with van der Waals surface area (Å²) >= 11 is 4.00. The lowest BCUT2D eigenvalue weighted by Crippen LogP contribution is -2.11. The number of carbonyl (C=O) groups excluding carboxylic acids is 1. The molecule has 0 heterocycles. The first-order chi connectivity index (χ1) is 7.06. The molecule has 1 rings (SSSR count). The minimum absolute atomic E-state index is 0.0437. The second-order valence-electron chi connectivity index (χ2n) is 2.76. The van der Waals surface area contributed by atoms with E-state index in [9.17, 15) is 9.59 Å². The van der Waals surface area contributed by atoms with Crippen LogP contribution in [0.2, 0.25) is 0 Å². The van der Waals surface area contributed by atoms with Gasteiger partial charge in [-0.05, 0) is 25.1 Å². The Bertz CT molecular complexity index is 400. The van der Waals surface area contributed by atoms with Crippen LogP contribution in [0.1, 0.15) is 27.6 Å². The van der Waals surface area contributed by atoms with Crippen LogP contribution < -0.4 is 0 Å². The number of rotatable bonds is 3. The molecule has 0 aliphatic heterocycles. The minimum Gasteiger partial charge on any atom is -0.478 e. The average molecular weight is 226 g/mol. The first kappa shape index (κ1) is 11.6. The molecule has 0 atom stereocenters. The molecule has 0 saturated carbocycles. The van der Waals surface area contributed by atoms with Crippen LogP contribution in [-0.4, -0.2) is 23.7 Å². The van der Waals surface area contributed by atoms with Gasteiger partial charge in [-0.3, -0.25) is 0 Å². The number of hydrogen-bond donors (Lipinski definition) is 2. The van der Waals surface area contributed by atoms with Crippen LogP contribution in [0.15, 0.2) is 23.1 Å². The van der Waals surface area contributed by atoms with Crippen molar-refractivity contribution in [3.8, 4) is 0 Å². The van der Waals surface area contributed by atoms with E-state index in [4.69, 9.17) is 9.84 Å². The fourth-order valence-corrected chi connectivity index (χ4v) is 1.30. The second-order valence-corrected chi connectivity index (χ2v) is 3.27. The quantitative estimate of drug-likeness (QED) is 0.610. The number of carboxylic acid groups (broad SMARTS) is 1. The van der Waals surface area contributed by atoms with Gasteiger partial charge >= 0.3 is 11.9 Å². The third-order valence-electron chi connectivity index (χ3n) is 1.73. The fraction of sp³-hybridized carbons (Fsp3) is 0.200. The topological polar surface area (TPSA) is 63.6 Å². The smallest absolute Gasteiger partial charge is 0.338 e. The minimum atomic E-state index is -1.17. The van der Waals surface area contributed by atoms with E-state index < -0.39 is 11.9 Å². The average Bonchev–Trinajstić information content (AvgIpc) is 2.17. The number of carbonyl (C=O) groups is 2. The second kappa shape index (κ2) is 4.84. The Kier molecular flexibility index (Phi) is 3.74. The molecule has 0 fully saturated rings. The zero-order valence-electron chi connectivity index (χ0n) is 8.06. The number of ether oxygens (including phenoxy) is 1. The SMILES string of the molecule is CCOC(=O)c1ccc(S)cc1C(=O)O. The van der Waals surface area contributed by atoms with E-state index in [0.717, 1.165) is 0 Å². The van der Waals surface area contributed by atoms with Gasteiger partial charge in [-0.2, -0.15) is 0 Å². The van der Waals surface area contributed by atoms with Crippen molar-refractivity contribution in [3.63, 3.8) is 0 Å². The Morgan fingerprint density at radius 3 is 2.60 bits per heavy atom. The predicted molar refractivity (Wildman–Crippen MR) is 56.6 cm³/mol. The highest BCUT2D eigenvalue weighted by Crippen LogP contribution is 2.16. The van der Waals surface area contributed by atoms with Crippen molar-refractivity contribution < 1.29 is 19.4 Å². The Labute approximate surface area is 92.3 Å². The monoisotopic (exact) mass is 226 g/mol. The highest BCUT2D eigenvalue weighted by molar-refractivity contribution is 7.80. The lowest BCUT2D eigenvalue weighted by molar-refractivity contribution is 0.0514. The van der Waals surface area contributed by atoms with E-state index in [2.05, 4.69) is 12.6 Å². The van der Waals surface area contributed by atoms with Gasteiger partial charge in [0.2, 0.25) is 0 Å². The molecule has 0 aliphatic rings. The Balaban J connectivity index is 3.17. The van der Waals surface area contributed by atoms with Crippen LogP contribution in [0.4, 0.5) is 0 Å². The molecule has 1 N–H and O–H groups in total. The summed E-state index contributed by atoms with van der Waals surface area (Å²) in [6.07, 6.45) is 0. The number of carboxylic acids is 1. The summed E-state index contributed by atoms with van der Waals surface area (Å²) in [7, 11) is 0. The number of esters is 1. The van der Waals surface area contributed by atoms with Crippen molar-refractivity contribution in [1.29, 1.82) is 0 Å². The van der Waals surface area contributed by atoms with E-state index in [0.29, 0.717) is 4.90 Å². The van der Waals surface area contributed by atoms with Crippen molar-refractivity contribution in [1.82, 2.24) is 0 Å². The zero-order chi connectivity index (χ0) is 11.4. The summed E-state index contributed by atoms with van der Waals surface area (Å²) in [5.74, 6) is -1.81. The molecule has 1 aromatic carbocycles. The van der Waals surface area contributed by atoms with Crippen LogP contribution in [0.25, 0.3) is 0 Å². The Morgan fingerprint density at radius 2 is 2.07 bits per heavy atom. The highest BCUT2D eigenvalue weighted by atomic mass is 32.1. The van der Waals surface area contributed by atoms with Crippen LogP contribution in [-0.2, 0) is 4.74 Å². The van der Waals surface area contributed by atoms with Crippen LogP contribution in [0.3, 0.4) is 0 Å². The summed E-state index contributed by atoms with van der Waals surface area (Å²) < 4.78 is 4.73. The van der Waals surface area contributed by atoms with Gasteiger partial charge in [-0.1, -0.05) is 0 Å². The maximum atomic E-state index is 11.4. The first-order valence-corrected chi connectivity index (χ1v) is 4.74. The summed E-state index contributed by atoms with van der Waals surface area (Å²) in [6, 6.07) is 4.25. The first-order valence-electron chi connectivity index (χ1n) is 4.29. The molecular weight excluding hydrogens is 216 g/mol. The van der Waals surface area contributed by atoms with Gasteiger partial charge in [-0.25, -0.2) is 9.59 Å². The van der Waals surface area contributed by atoms with Crippen LogP contribution in [0.5, 0.6) is 0 Å². The summed E-state index contributed by atoms with van der Waals surface area (Å²) in [4.78, 5) is 22.7.